The quantitative estimate of drug-likeness (QED) is 0.132. The summed E-state index contributed by atoms with van der Waals surface area (Å²) in [4.78, 5) is 9.06. The minimum atomic E-state index is -1.23. The smallest absolute Gasteiger partial charge is 0.139 e. The fraction of sp³-hybridized carbons (Fsp3) is 0.150. The molecule has 1 radical (unpaired) electrons. The zero-order valence-electron chi connectivity index (χ0n) is 27.4. The molecular formula is C40H34IrN2O2Si-2. The zero-order chi connectivity index (χ0) is 32.1. The number of pyridine rings is 2. The van der Waals surface area contributed by atoms with Gasteiger partial charge in [-0.2, -0.15) is 0 Å². The van der Waals surface area contributed by atoms with E-state index in [0.29, 0.717) is 0 Å². The first kappa shape index (κ1) is 30.3. The Morgan fingerprint density at radius 2 is 1.48 bits per heavy atom. The molecule has 6 heteroatoms. The number of nitrogens with zero attached hydrogens (tertiary/aromatic N) is 2. The van der Waals surface area contributed by atoms with Gasteiger partial charge in [0, 0.05) is 56.1 Å². The first-order chi connectivity index (χ1) is 22.1. The van der Waals surface area contributed by atoms with Gasteiger partial charge < -0.3 is 18.8 Å². The predicted octanol–water partition coefficient (Wildman–Crippen LogP) is 10.6. The average molecular weight is 796 g/mol. The summed E-state index contributed by atoms with van der Waals surface area (Å²) in [6, 6.07) is 38.7. The molecule has 4 nitrogen and oxygen atoms in total. The van der Waals surface area contributed by atoms with Gasteiger partial charge in [-0.15, -0.1) is 54.1 Å². The first-order valence-electron chi connectivity index (χ1n) is 15.6. The maximum atomic E-state index is 8.34. The molecule has 4 aromatic heterocycles. The molecule has 0 bridgehead atoms. The molecule has 0 amide bonds. The number of fused-ring (bicyclic) bond motifs is 6. The van der Waals surface area contributed by atoms with E-state index >= 15 is 0 Å². The SMILES string of the molecule is C[Si](C)(C)c1ccc(-c2[c-]cccc2)nc1.[2H]C(C)(C)c1ccnc(-c2[c-]ccc3c2oc2cc4oc5ccccc5c4cc23)c1.[Ir]. The normalized spacial score (nSPS) is 12.2. The number of furan rings is 2. The molecule has 0 unspecified atom stereocenters. The van der Waals surface area contributed by atoms with Gasteiger partial charge in [0.2, 0.25) is 0 Å². The van der Waals surface area contributed by atoms with Gasteiger partial charge in [-0.25, -0.2) is 0 Å². The van der Waals surface area contributed by atoms with Crippen molar-refractivity contribution in [3.8, 4) is 22.5 Å². The number of para-hydroxylation sites is 1. The van der Waals surface area contributed by atoms with E-state index in [1.165, 1.54) is 5.19 Å². The maximum Gasteiger partial charge on any atom is 0.139 e. The molecule has 46 heavy (non-hydrogen) atoms. The number of aromatic nitrogens is 2. The van der Waals surface area contributed by atoms with Crippen LogP contribution in [0.4, 0.5) is 0 Å². The van der Waals surface area contributed by atoms with Crippen LogP contribution in [0, 0.1) is 12.1 Å². The van der Waals surface area contributed by atoms with E-state index in [4.69, 9.17) is 10.2 Å². The maximum absolute atomic E-state index is 8.34. The molecule has 0 saturated heterocycles. The Labute approximate surface area is 285 Å². The second-order valence-corrected chi connectivity index (χ2v) is 17.6. The third-order valence-corrected chi connectivity index (χ3v) is 10.2. The minimum Gasteiger partial charge on any atom is -0.500 e. The van der Waals surface area contributed by atoms with E-state index in [0.717, 1.165) is 72.0 Å². The van der Waals surface area contributed by atoms with E-state index in [2.05, 4.69) is 66.0 Å². The standard InChI is InChI=1S/C26H18NO2.C14H16NSi.Ir/c1-15(2)16-10-11-27-22(12-16)19-8-5-7-18-21-13-20-17-6-3-4-9-23(17)28-24(20)14-25(21)29-26(18)19;1-16(2,3)13-9-10-14(15-11-13)12-7-5-4-6-8-12;/h3-7,9-15H,1-2H3;4-7,9-11H,1-3H3;/q2*-1;/i15D;;. The number of rotatable bonds is 4. The van der Waals surface area contributed by atoms with E-state index in [1.807, 2.05) is 92.8 Å². The van der Waals surface area contributed by atoms with Crippen LogP contribution < -0.4 is 5.19 Å². The molecule has 0 saturated carbocycles. The fourth-order valence-corrected chi connectivity index (χ4v) is 6.61. The number of hydrogen-bond donors (Lipinski definition) is 0. The van der Waals surface area contributed by atoms with E-state index < -0.39 is 14.0 Å². The third kappa shape index (κ3) is 6.08. The molecule has 231 valence electrons. The van der Waals surface area contributed by atoms with Crippen molar-refractivity contribution in [3.63, 3.8) is 0 Å². The summed E-state index contributed by atoms with van der Waals surface area (Å²) in [5, 5.41) is 5.62. The van der Waals surface area contributed by atoms with Crippen molar-refractivity contribution in [2.75, 3.05) is 0 Å². The molecule has 0 aliphatic heterocycles. The van der Waals surface area contributed by atoms with Crippen molar-refractivity contribution >= 4 is 57.1 Å². The number of benzene rings is 4. The molecule has 4 aromatic carbocycles. The molecule has 0 spiro atoms. The van der Waals surface area contributed by atoms with Crippen molar-refractivity contribution in [3.05, 3.63) is 127 Å². The predicted molar refractivity (Wildman–Crippen MR) is 189 cm³/mol. The van der Waals surface area contributed by atoms with Crippen molar-refractivity contribution in [2.24, 2.45) is 0 Å². The molecule has 0 aliphatic rings. The third-order valence-electron chi connectivity index (χ3n) is 8.14. The Morgan fingerprint density at radius 3 is 2.22 bits per heavy atom. The summed E-state index contributed by atoms with van der Waals surface area (Å²) in [5.41, 5.74) is 7.72. The summed E-state index contributed by atoms with van der Waals surface area (Å²) < 4.78 is 20.7. The molecular weight excluding hydrogens is 761 g/mol. The molecule has 0 aliphatic carbocycles. The van der Waals surface area contributed by atoms with Gasteiger partial charge >= 0.3 is 0 Å². The summed E-state index contributed by atoms with van der Waals surface area (Å²) in [7, 11) is -1.23. The molecule has 8 aromatic rings. The van der Waals surface area contributed by atoms with Gasteiger partial charge in [0.15, 0.2) is 0 Å². The molecule has 0 atom stereocenters. The van der Waals surface area contributed by atoms with Gasteiger partial charge in [-0.05, 0) is 40.7 Å². The van der Waals surface area contributed by atoms with E-state index in [-0.39, 0.29) is 20.1 Å². The first-order valence-corrected chi connectivity index (χ1v) is 18.6. The molecule has 4 heterocycles. The van der Waals surface area contributed by atoms with Crippen LogP contribution in [0.3, 0.4) is 0 Å². The van der Waals surface area contributed by atoms with Crippen LogP contribution in [0.2, 0.25) is 19.6 Å². The summed E-state index contributed by atoms with van der Waals surface area (Å²) in [6.07, 6.45) is 3.76. The van der Waals surface area contributed by atoms with Crippen molar-refractivity contribution in [2.45, 2.75) is 39.4 Å². The van der Waals surface area contributed by atoms with Crippen LogP contribution in [0.25, 0.3) is 66.4 Å². The monoisotopic (exact) mass is 796 g/mol. The van der Waals surface area contributed by atoms with Gasteiger partial charge in [0.1, 0.15) is 16.7 Å². The average Bonchev–Trinajstić information content (AvgIpc) is 3.61. The van der Waals surface area contributed by atoms with Gasteiger partial charge in [0.25, 0.3) is 0 Å². The van der Waals surface area contributed by atoms with Crippen molar-refractivity contribution in [1.82, 2.24) is 9.97 Å². The van der Waals surface area contributed by atoms with E-state index in [1.54, 1.807) is 6.20 Å². The van der Waals surface area contributed by atoms with Crippen LogP contribution >= 0.6 is 0 Å². The van der Waals surface area contributed by atoms with Gasteiger partial charge in [0.05, 0.1) is 13.7 Å². The van der Waals surface area contributed by atoms with Gasteiger partial charge in [-0.1, -0.05) is 86.4 Å². The molecule has 0 fully saturated rings. The Bertz CT molecular complexity index is 2330. The van der Waals surface area contributed by atoms with Crippen LogP contribution in [-0.2, 0) is 20.1 Å². The second kappa shape index (κ2) is 12.8. The second-order valence-electron chi connectivity index (χ2n) is 12.5. The number of hydrogen-bond acceptors (Lipinski definition) is 4. The zero-order valence-corrected chi connectivity index (χ0v) is 29.8. The van der Waals surface area contributed by atoms with Crippen molar-refractivity contribution in [1.29, 1.82) is 0 Å². The largest absolute Gasteiger partial charge is 0.500 e. The molecule has 8 rings (SSSR count). The Hall–Kier alpha value is -4.35. The molecule has 0 N–H and O–H groups in total. The van der Waals surface area contributed by atoms with Crippen LogP contribution in [-0.4, -0.2) is 18.0 Å². The summed E-state index contributed by atoms with van der Waals surface area (Å²) in [5.74, 6) is -0.703. The van der Waals surface area contributed by atoms with Crippen LogP contribution in [0.15, 0.2) is 118 Å². The summed E-state index contributed by atoms with van der Waals surface area (Å²) in [6.45, 7) is 10.7. The topological polar surface area (TPSA) is 52.1 Å². The minimum absolute atomic E-state index is 0. The van der Waals surface area contributed by atoms with Crippen LogP contribution in [0.5, 0.6) is 0 Å². The van der Waals surface area contributed by atoms with Gasteiger partial charge in [-0.3, -0.25) is 0 Å². The van der Waals surface area contributed by atoms with E-state index in [9.17, 15) is 0 Å². The van der Waals surface area contributed by atoms with Crippen LogP contribution in [0.1, 0.15) is 26.7 Å². The fourth-order valence-electron chi connectivity index (χ4n) is 5.58. The Morgan fingerprint density at radius 1 is 0.696 bits per heavy atom. The Balaban J connectivity index is 0.000000194. The van der Waals surface area contributed by atoms with Crippen molar-refractivity contribution < 1.29 is 30.3 Å². The summed E-state index contributed by atoms with van der Waals surface area (Å²) >= 11 is 0. The Kier molecular flexibility index (Phi) is 8.43.